The van der Waals surface area contributed by atoms with Crippen LogP contribution in [0.3, 0.4) is 0 Å². The van der Waals surface area contributed by atoms with Gasteiger partial charge >= 0.3 is 23.9 Å². The Hall–Kier alpha value is -4.60. The van der Waals surface area contributed by atoms with Crippen LogP contribution in [0.5, 0.6) is 0 Å². The quantitative estimate of drug-likeness (QED) is 0.0384. The van der Waals surface area contributed by atoms with E-state index in [-0.39, 0.29) is 43.1 Å². The number of nitrogens with two attached hydrogens (primary N) is 2. The predicted octanol–water partition coefficient (Wildman–Crippen LogP) is 0.173. The van der Waals surface area contributed by atoms with E-state index in [4.69, 9.17) is 16.6 Å². The summed E-state index contributed by atoms with van der Waals surface area (Å²) in [5.41, 5.74) is 12.1. The predicted molar refractivity (Wildman–Crippen MR) is 239 cm³/mol. The zero-order valence-electron chi connectivity index (χ0n) is 35.0. The summed E-state index contributed by atoms with van der Waals surface area (Å²) in [6.45, 7) is -1.22. The first-order chi connectivity index (χ1) is 30.4. The fraction of sp³-hybridized carbons (Fsp3) is 0.579. The van der Waals surface area contributed by atoms with E-state index >= 15 is 0 Å². The average Bonchev–Trinajstić information content (AvgIpc) is 3.27. The van der Waals surface area contributed by atoms with Gasteiger partial charge in [-0.2, -0.15) is 0 Å². The molecule has 64 heavy (non-hydrogen) atoms. The Balaban J connectivity index is 1.98. The molecule has 0 spiro atoms. The van der Waals surface area contributed by atoms with Gasteiger partial charge in [0.25, 0.3) is 0 Å². The molecule has 0 saturated heterocycles. The van der Waals surface area contributed by atoms with Crippen LogP contribution in [0.4, 0.5) is 0 Å². The second-order valence-electron chi connectivity index (χ2n) is 14.4. The van der Waals surface area contributed by atoms with Crippen LogP contribution in [-0.2, 0) is 38.4 Å². The number of carboxylic acids is 4. The van der Waals surface area contributed by atoms with Crippen molar-refractivity contribution in [3.63, 3.8) is 0 Å². The van der Waals surface area contributed by atoms with Gasteiger partial charge in [0.05, 0.1) is 52.7 Å². The number of hydrogen-bond donors (Lipinski definition) is 10. The fourth-order valence-electron chi connectivity index (χ4n) is 6.47. The van der Waals surface area contributed by atoms with E-state index in [0.29, 0.717) is 47.1 Å². The van der Waals surface area contributed by atoms with Crippen molar-refractivity contribution in [3.8, 4) is 0 Å². The van der Waals surface area contributed by atoms with Gasteiger partial charge in [0.1, 0.15) is 47.1 Å². The highest BCUT2D eigenvalue weighted by atomic mass is 32.2. The number of thioether (sulfide) groups is 4. The Morgan fingerprint density at radius 2 is 1.17 bits per heavy atom. The normalized spacial score (nSPS) is 17.8. The monoisotopic (exact) mass is 970 g/mol. The molecule has 352 valence electrons. The first-order valence-corrected chi connectivity index (χ1v) is 24.5. The smallest absolute Gasteiger partial charge is 0.322 e. The van der Waals surface area contributed by atoms with Gasteiger partial charge in [-0.05, 0) is 51.2 Å². The highest BCUT2D eigenvalue weighted by Crippen LogP contribution is 2.48. The summed E-state index contributed by atoms with van der Waals surface area (Å²) in [6, 6.07) is -4.75. The summed E-state index contributed by atoms with van der Waals surface area (Å²) in [7, 11) is 0. The molecule has 1 aliphatic carbocycles. The minimum absolute atomic E-state index is 0.0332. The summed E-state index contributed by atoms with van der Waals surface area (Å²) < 4.78 is 0. The molecule has 12 N–H and O–H groups in total. The Bertz CT molecular complexity index is 1920. The Morgan fingerprint density at radius 1 is 0.703 bits per heavy atom. The number of rotatable bonds is 29. The first kappa shape index (κ1) is 53.7. The largest absolute Gasteiger partial charge is 0.480 e. The standard InChI is InChI=1S/C38H54N10O12S4/c1-61-28-13-42-23(11-44-28)33(63-17-25(35(55)46-15-30(50)51)41-10-4-7-21(39)37(57)58)19-5-3-6-20(32(19)54)34(24-12-45-29(62-2)14-43-24)64-18-26(36(56)47-16-31(52)53)48-27(49)9-8-22(40)38(59)60/h11-14,19-22,25-26,33-34,41H,3-10,15-18,39-40H2,1-2H3,(H,46,55)(H,47,56)(H,48,49)(H,50,51)(H,52,53)(H,57,58)(H,59,60). The van der Waals surface area contributed by atoms with Crippen LogP contribution in [0.25, 0.3) is 0 Å². The van der Waals surface area contributed by atoms with Gasteiger partial charge < -0.3 is 53.2 Å². The molecule has 2 aromatic heterocycles. The molecule has 1 saturated carbocycles. The topological polar surface area (TPSA) is 369 Å². The minimum Gasteiger partial charge on any atom is -0.480 e. The molecular formula is C38H54N10O12S4. The van der Waals surface area contributed by atoms with Gasteiger partial charge in [0, 0.05) is 29.8 Å². The summed E-state index contributed by atoms with van der Waals surface area (Å²) in [5.74, 6) is -9.00. The van der Waals surface area contributed by atoms with Crippen molar-refractivity contribution in [1.82, 2.24) is 41.2 Å². The van der Waals surface area contributed by atoms with Crippen molar-refractivity contribution in [1.29, 1.82) is 0 Å². The van der Waals surface area contributed by atoms with E-state index < -0.39 is 101 Å². The molecule has 2 heterocycles. The van der Waals surface area contributed by atoms with Gasteiger partial charge in [-0.25, -0.2) is 9.97 Å². The maximum absolute atomic E-state index is 15.0. The van der Waals surface area contributed by atoms with Gasteiger partial charge in [-0.3, -0.25) is 48.3 Å². The lowest BCUT2D eigenvalue weighted by Crippen LogP contribution is -2.49. The van der Waals surface area contributed by atoms with Crippen LogP contribution < -0.4 is 32.7 Å². The number of nitrogens with one attached hydrogen (secondary N) is 4. The van der Waals surface area contributed by atoms with E-state index in [1.165, 1.54) is 41.5 Å². The fourth-order valence-corrected chi connectivity index (χ4v) is 10.00. The van der Waals surface area contributed by atoms with Crippen molar-refractivity contribution in [2.24, 2.45) is 23.3 Å². The number of aliphatic carboxylic acids is 4. The van der Waals surface area contributed by atoms with Crippen molar-refractivity contribution in [3.05, 3.63) is 36.2 Å². The molecule has 22 nitrogen and oxygen atoms in total. The lowest BCUT2D eigenvalue weighted by molar-refractivity contribution is -0.139. The number of ketones is 1. The number of nitrogens with zero attached hydrogens (tertiary/aromatic N) is 4. The molecule has 3 amide bonds. The number of aromatic nitrogens is 4. The SMILES string of the molecule is CSc1cnc(C(SCC(NCCCC(N)C(=O)O)C(=O)NCC(=O)O)C2CCCC(C(SCC(NC(=O)CCC(N)C(=O)O)C(=O)NCC(=O)O)c3cnc(SC)cn3)C2=O)cn1. The van der Waals surface area contributed by atoms with E-state index in [1.54, 1.807) is 18.6 Å². The second kappa shape index (κ2) is 27.7. The summed E-state index contributed by atoms with van der Waals surface area (Å²) >= 11 is 5.09. The lowest BCUT2D eigenvalue weighted by atomic mass is 9.76. The van der Waals surface area contributed by atoms with Crippen LogP contribution in [0.15, 0.2) is 34.8 Å². The maximum Gasteiger partial charge on any atom is 0.322 e. The Morgan fingerprint density at radius 3 is 1.61 bits per heavy atom. The van der Waals surface area contributed by atoms with E-state index in [1.807, 2.05) is 12.5 Å². The Labute approximate surface area is 385 Å². The van der Waals surface area contributed by atoms with Crippen LogP contribution in [0.1, 0.15) is 66.8 Å². The number of carbonyl (C=O) groups excluding carboxylic acids is 4. The number of carboxylic acid groups (broad SMARTS) is 4. The van der Waals surface area contributed by atoms with Gasteiger partial charge in [-0.1, -0.05) is 6.42 Å². The molecule has 2 aromatic rings. The molecule has 3 rings (SSSR count). The molecule has 26 heteroatoms. The number of carbonyl (C=O) groups is 8. The molecule has 1 aliphatic rings. The molecule has 0 aliphatic heterocycles. The zero-order valence-corrected chi connectivity index (χ0v) is 38.3. The number of Topliss-reactive ketones (excluding diaryl/α,β-unsaturated/α-hetero) is 1. The summed E-state index contributed by atoms with van der Waals surface area (Å²) in [5, 5.41) is 46.9. The third-order valence-corrected chi connectivity index (χ3v) is 14.0. The zero-order chi connectivity index (χ0) is 47.3. The van der Waals surface area contributed by atoms with E-state index in [9.17, 15) is 53.7 Å². The van der Waals surface area contributed by atoms with E-state index in [2.05, 4.69) is 41.2 Å². The third kappa shape index (κ3) is 17.8. The van der Waals surface area contributed by atoms with Crippen molar-refractivity contribution >= 4 is 94.4 Å². The minimum atomic E-state index is -1.33. The van der Waals surface area contributed by atoms with Crippen LogP contribution in [0, 0.1) is 11.8 Å². The number of amides is 3. The van der Waals surface area contributed by atoms with Crippen molar-refractivity contribution in [2.45, 2.75) is 89.7 Å². The first-order valence-electron chi connectivity index (χ1n) is 19.9. The molecule has 8 atom stereocenters. The highest BCUT2D eigenvalue weighted by molar-refractivity contribution is 8.00. The highest BCUT2D eigenvalue weighted by Gasteiger charge is 2.43. The van der Waals surface area contributed by atoms with Gasteiger partial charge in [0.15, 0.2) is 0 Å². The second-order valence-corrected chi connectivity index (χ2v) is 18.4. The van der Waals surface area contributed by atoms with Crippen molar-refractivity contribution < 1.29 is 58.8 Å². The average molecular weight is 971 g/mol. The number of hydrogen-bond acceptors (Lipinski definition) is 19. The molecule has 0 bridgehead atoms. The molecule has 0 radical (unpaired) electrons. The lowest BCUT2D eigenvalue weighted by Gasteiger charge is -2.36. The summed E-state index contributed by atoms with van der Waals surface area (Å²) in [6.07, 6.45) is 11.0. The van der Waals surface area contributed by atoms with E-state index in [0.717, 1.165) is 11.8 Å². The molecule has 0 aromatic carbocycles. The molecular weight excluding hydrogens is 917 g/mol. The van der Waals surface area contributed by atoms with Crippen molar-refractivity contribution in [2.75, 3.05) is 43.7 Å². The van der Waals surface area contributed by atoms with Crippen LogP contribution >= 0.6 is 47.0 Å². The molecule has 8 unspecified atom stereocenters. The van der Waals surface area contributed by atoms with Crippen LogP contribution in [-0.4, -0.2) is 156 Å². The van der Waals surface area contributed by atoms with Gasteiger partial charge in [-0.15, -0.1) is 47.0 Å². The van der Waals surface area contributed by atoms with Crippen LogP contribution in [0.2, 0.25) is 0 Å². The third-order valence-electron chi connectivity index (χ3n) is 9.87. The van der Waals surface area contributed by atoms with Gasteiger partial charge in [0.2, 0.25) is 17.7 Å². The molecule has 1 fully saturated rings. The maximum atomic E-state index is 15.0. The summed E-state index contributed by atoms with van der Waals surface area (Å²) in [4.78, 5) is 118. The Kier molecular flexibility index (Phi) is 23.2.